The second-order valence-electron chi connectivity index (χ2n) is 4.42. The van der Waals surface area contributed by atoms with Gasteiger partial charge in [0.15, 0.2) is 0 Å². The third-order valence-corrected chi connectivity index (χ3v) is 2.85. The molecule has 0 bridgehead atoms. The molecule has 3 nitrogen and oxygen atoms in total. The van der Waals surface area contributed by atoms with Crippen molar-refractivity contribution in [2.45, 2.75) is 19.4 Å². The van der Waals surface area contributed by atoms with Crippen molar-refractivity contribution >= 4 is 5.82 Å². The first kappa shape index (κ1) is 12.5. The van der Waals surface area contributed by atoms with Crippen molar-refractivity contribution in [1.82, 2.24) is 4.98 Å². The molecule has 0 amide bonds. The Morgan fingerprint density at radius 3 is 2.78 bits per heavy atom. The molecule has 0 radical (unpaired) electrons. The van der Waals surface area contributed by atoms with Crippen LogP contribution in [0.4, 0.5) is 10.2 Å². The molecule has 1 heterocycles. The van der Waals surface area contributed by atoms with Crippen LogP contribution in [0.1, 0.15) is 22.7 Å². The largest absolute Gasteiger partial charge is 0.384 e. The van der Waals surface area contributed by atoms with E-state index in [4.69, 9.17) is 11.5 Å². The molecule has 1 unspecified atom stereocenters. The molecule has 4 N–H and O–H groups in total. The molecule has 0 fully saturated rings. The summed E-state index contributed by atoms with van der Waals surface area (Å²) in [5.74, 6) is 0.180. The molecule has 0 saturated carbocycles. The Kier molecular flexibility index (Phi) is 3.58. The molecule has 4 heteroatoms. The first-order valence-corrected chi connectivity index (χ1v) is 5.78. The summed E-state index contributed by atoms with van der Waals surface area (Å²) >= 11 is 0. The highest BCUT2D eigenvalue weighted by Gasteiger charge is 2.12. The van der Waals surface area contributed by atoms with Crippen LogP contribution >= 0.6 is 0 Å². The number of nitrogens with zero attached hydrogens (tertiary/aromatic N) is 1. The van der Waals surface area contributed by atoms with E-state index >= 15 is 0 Å². The smallest absolute Gasteiger partial charge is 0.128 e. The van der Waals surface area contributed by atoms with Crippen molar-refractivity contribution in [2.75, 3.05) is 5.73 Å². The maximum Gasteiger partial charge on any atom is 0.128 e. The van der Waals surface area contributed by atoms with E-state index in [2.05, 4.69) is 4.98 Å². The standard InChI is InChI=1S/C14H16FN3/c1-9-2-3-12(15)11(6-9)13(16)7-10-4-5-18-14(17)8-10/h2-6,8,13H,7,16H2,1H3,(H2,17,18). The van der Waals surface area contributed by atoms with Crippen LogP contribution in [-0.4, -0.2) is 4.98 Å². The minimum absolute atomic E-state index is 0.268. The summed E-state index contributed by atoms with van der Waals surface area (Å²) in [6, 6.07) is 8.18. The van der Waals surface area contributed by atoms with E-state index in [1.165, 1.54) is 6.07 Å². The van der Waals surface area contributed by atoms with Crippen LogP contribution in [0, 0.1) is 12.7 Å². The maximum atomic E-state index is 13.7. The number of hydrogen-bond acceptors (Lipinski definition) is 3. The average molecular weight is 245 g/mol. The maximum absolute atomic E-state index is 13.7. The van der Waals surface area contributed by atoms with Crippen LogP contribution < -0.4 is 11.5 Å². The molecule has 18 heavy (non-hydrogen) atoms. The fourth-order valence-electron chi connectivity index (χ4n) is 1.93. The molecule has 2 rings (SSSR count). The summed E-state index contributed by atoms with van der Waals surface area (Å²) in [5, 5.41) is 0. The van der Waals surface area contributed by atoms with Crippen molar-refractivity contribution in [3.8, 4) is 0 Å². The molecule has 0 spiro atoms. The number of rotatable bonds is 3. The summed E-state index contributed by atoms with van der Waals surface area (Å²) in [4.78, 5) is 3.91. The Morgan fingerprint density at radius 1 is 1.28 bits per heavy atom. The van der Waals surface area contributed by atoms with Crippen LogP contribution in [0.5, 0.6) is 0 Å². The number of nitrogen functional groups attached to an aromatic ring is 1. The Hall–Kier alpha value is -1.94. The van der Waals surface area contributed by atoms with Crippen molar-refractivity contribution < 1.29 is 4.39 Å². The Balaban J connectivity index is 2.21. The third kappa shape index (κ3) is 2.84. The number of anilines is 1. The Bertz CT molecular complexity index is 554. The molecule has 0 aliphatic heterocycles. The molecule has 0 aliphatic rings. The minimum atomic E-state index is -0.383. The van der Waals surface area contributed by atoms with E-state index in [9.17, 15) is 4.39 Å². The van der Waals surface area contributed by atoms with E-state index in [0.717, 1.165) is 11.1 Å². The van der Waals surface area contributed by atoms with E-state index in [0.29, 0.717) is 17.8 Å². The van der Waals surface area contributed by atoms with Crippen LogP contribution in [0.3, 0.4) is 0 Å². The van der Waals surface area contributed by atoms with Crippen LogP contribution in [0.2, 0.25) is 0 Å². The normalized spacial score (nSPS) is 12.4. The van der Waals surface area contributed by atoms with Gasteiger partial charge in [0.1, 0.15) is 11.6 Å². The molecule has 2 aromatic rings. The number of aryl methyl sites for hydroxylation is 1. The molecule has 0 saturated heterocycles. The van der Waals surface area contributed by atoms with Gasteiger partial charge in [-0.2, -0.15) is 0 Å². The van der Waals surface area contributed by atoms with Gasteiger partial charge in [0.25, 0.3) is 0 Å². The molecule has 1 atom stereocenters. The van der Waals surface area contributed by atoms with Gasteiger partial charge >= 0.3 is 0 Å². The molecule has 0 aliphatic carbocycles. The summed E-state index contributed by atoms with van der Waals surface area (Å²) in [7, 11) is 0. The van der Waals surface area contributed by atoms with Crippen LogP contribution in [0.25, 0.3) is 0 Å². The molecular formula is C14H16FN3. The number of aromatic nitrogens is 1. The highest BCUT2D eigenvalue weighted by Crippen LogP contribution is 2.20. The first-order chi connectivity index (χ1) is 8.56. The molecule has 1 aromatic carbocycles. The number of nitrogens with two attached hydrogens (primary N) is 2. The van der Waals surface area contributed by atoms with Gasteiger partial charge in [-0.1, -0.05) is 17.7 Å². The van der Waals surface area contributed by atoms with Gasteiger partial charge in [-0.3, -0.25) is 0 Å². The van der Waals surface area contributed by atoms with E-state index in [1.54, 1.807) is 24.4 Å². The van der Waals surface area contributed by atoms with E-state index < -0.39 is 0 Å². The highest BCUT2D eigenvalue weighted by atomic mass is 19.1. The average Bonchev–Trinajstić information content (AvgIpc) is 2.32. The summed E-state index contributed by atoms with van der Waals surface area (Å²) in [5.41, 5.74) is 14.1. The lowest BCUT2D eigenvalue weighted by atomic mass is 9.98. The van der Waals surface area contributed by atoms with Gasteiger partial charge in [0.2, 0.25) is 0 Å². The van der Waals surface area contributed by atoms with Crippen LogP contribution in [0.15, 0.2) is 36.5 Å². The minimum Gasteiger partial charge on any atom is -0.384 e. The van der Waals surface area contributed by atoms with Crippen molar-refractivity contribution in [3.05, 3.63) is 59.0 Å². The lowest BCUT2D eigenvalue weighted by Crippen LogP contribution is -2.15. The number of hydrogen-bond donors (Lipinski definition) is 2. The second kappa shape index (κ2) is 5.14. The van der Waals surface area contributed by atoms with E-state index in [-0.39, 0.29) is 11.9 Å². The summed E-state index contributed by atoms with van der Waals surface area (Å²) in [6.45, 7) is 1.92. The highest BCUT2D eigenvalue weighted by molar-refractivity contribution is 5.34. The number of pyridine rings is 1. The van der Waals surface area contributed by atoms with Gasteiger partial charge < -0.3 is 11.5 Å². The van der Waals surface area contributed by atoms with Gasteiger partial charge in [0, 0.05) is 17.8 Å². The Morgan fingerprint density at radius 2 is 2.06 bits per heavy atom. The summed E-state index contributed by atoms with van der Waals surface area (Å²) < 4.78 is 13.7. The predicted molar refractivity (Wildman–Crippen MR) is 70.4 cm³/mol. The third-order valence-electron chi connectivity index (χ3n) is 2.85. The van der Waals surface area contributed by atoms with Gasteiger partial charge in [-0.15, -0.1) is 0 Å². The monoisotopic (exact) mass is 245 g/mol. The number of halogens is 1. The van der Waals surface area contributed by atoms with Crippen LogP contribution in [-0.2, 0) is 6.42 Å². The molecule has 1 aromatic heterocycles. The fraction of sp³-hybridized carbons (Fsp3) is 0.214. The molecule has 94 valence electrons. The van der Waals surface area contributed by atoms with Gasteiger partial charge in [-0.25, -0.2) is 9.37 Å². The fourth-order valence-corrected chi connectivity index (χ4v) is 1.93. The quantitative estimate of drug-likeness (QED) is 0.872. The summed E-state index contributed by atoms with van der Waals surface area (Å²) in [6.07, 6.45) is 2.16. The lowest BCUT2D eigenvalue weighted by Gasteiger charge is -2.14. The molecular weight excluding hydrogens is 229 g/mol. The van der Waals surface area contributed by atoms with Crippen molar-refractivity contribution in [1.29, 1.82) is 0 Å². The van der Waals surface area contributed by atoms with E-state index in [1.807, 2.05) is 13.0 Å². The SMILES string of the molecule is Cc1ccc(F)c(C(N)Cc2ccnc(N)c2)c1. The number of benzene rings is 1. The second-order valence-corrected chi connectivity index (χ2v) is 4.42. The topological polar surface area (TPSA) is 64.9 Å². The van der Waals surface area contributed by atoms with Crippen molar-refractivity contribution in [3.63, 3.8) is 0 Å². The van der Waals surface area contributed by atoms with Gasteiger partial charge in [0.05, 0.1) is 0 Å². The predicted octanol–water partition coefficient (Wildman–Crippen LogP) is 2.35. The zero-order valence-electron chi connectivity index (χ0n) is 10.2. The van der Waals surface area contributed by atoms with Crippen molar-refractivity contribution in [2.24, 2.45) is 5.73 Å². The Labute approximate surface area is 106 Å². The zero-order valence-corrected chi connectivity index (χ0v) is 10.2. The zero-order chi connectivity index (χ0) is 13.1. The lowest BCUT2D eigenvalue weighted by molar-refractivity contribution is 0.579. The first-order valence-electron chi connectivity index (χ1n) is 5.78. The van der Waals surface area contributed by atoms with Gasteiger partial charge in [-0.05, 0) is 37.1 Å².